The first-order chi connectivity index (χ1) is 11.0. The second-order valence-electron chi connectivity index (χ2n) is 4.75. The van der Waals surface area contributed by atoms with Crippen LogP contribution >= 0.6 is 11.6 Å². The Morgan fingerprint density at radius 1 is 1.22 bits per heavy atom. The third kappa shape index (κ3) is 5.09. The molecule has 7 nitrogen and oxygen atoms in total. The first kappa shape index (κ1) is 19.2. The van der Waals surface area contributed by atoms with Gasteiger partial charge in [0.1, 0.15) is 5.75 Å². The minimum Gasteiger partial charge on any atom is -0.759 e. The number of methoxy groups -OCH3 is 1. The average Bonchev–Trinajstić information content (AvgIpc) is 2.57. The average molecular weight is 343 g/mol. The molecule has 0 heterocycles. The Morgan fingerprint density at radius 2 is 1.87 bits per heavy atom. The maximum absolute atomic E-state index is 12.3. The minimum absolute atomic E-state index is 0.00745. The number of amides is 2. The lowest BCUT2D eigenvalue weighted by atomic mass is 10.1. The SMILES string of the molecule is CCN(CC)CCNC(=O)c1cc(Cl)c(C(=O)N[O-])cc1OC. The summed E-state index contributed by atoms with van der Waals surface area (Å²) in [5.74, 6) is -1.07. The molecule has 23 heavy (non-hydrogen) atoms. The molecule has 8 heteroatoms. The molecule has 0 aromatic heterocycles. The van der Waals surface area contributed by atoms with Crippen molar-refractivity contribution in [3.63, 3.8) is 0 Å². The lowest BCUT2D eigenvalue weighted by molar-refractivity contribution is 0.0940. The maximum atomic E-state index is 12.3. The second-order valence-corrected chi connectivity index (χ2v) is 5.15. The van der Waals surface area contributed by atoms with Gasteiger partial charge in [-0.3, -0.25) is 9.59 Å². The van der Waals surface area contributed by atoms with Crippen molar-refractivity contribution < 1.29 is 14.3 Å². The number of likely N-dealkylation sites (N-methyl/N-ethyl adjacent to an activating group) is 1. The molecular weight excluding hydrogens is 322 g/mol. The number of hydrogen-bond acceptors (Lipinski definition) is 5. The number of rotatable bonds is 8. The summed E-state index contributed by atoms with van der Waals surface area (Å²) < 4.78 is 5.11. The molecule has 0 saturated heterocycles. The van der Waals surface area contributed by atoms with E-state index in [0.717, 1.165) is 19.6 Å². The number of ether oxygens (including phenoxy) is 1. The molecule has 0 saturated carbocycles. The van der Waals surface area contributed by atoms with Crippen LogP contribution in [0, 0.1) is 5.21 Å². The Kier molecular flexibility index (Phi) is 7.80. The van der Waals surface area contributed by atoms with E-state index in [9.17, 15) is 14.8 Å². The van der Waals surface area contributed by atoms with Crippen molar-refractivity contribution in [3.8, 4) is 5.75 Å². The van der Waals surface area contributed by atoms with E-state index in [2.05, 4.69) is 10.2 Å². The van der Waals surface area contributed by atoms with E-state index < -0.39 is 5.91 Å². The quantitative estimate of drug-likeness (QED) is 0.700. The number of hydroxylamine groups is 1. The van der Waals surface area contributed by atoms with Crippen LogP contribution in [0.25, 0.3) is 0 Å². The van der Waals surface area contributed by atoms with Crippen LogP contribution in [-0.4, -0.2) is 50.0 Å². The van der Waals surface area contributed by atoms with Crippen molar-refractivity contribution in [3.05, 3.63) is 33.5 Å². The lowest BCUT2D eigenvalue weighted by Crippen LogP contribution is -2.35. The Morgan fingerprint density at radius 3 is 2.39 bits per heavy atom. The van der Waals surface area contributed by atoms with Crippen molar-refractivity contribution in [1.82, 2.24) is 15.7 Å². The smallest absolute Gasteiger partial charge is 0.255 e. The van der Waals surface area contributed by atoms with E-state index in [-0.39, 0.29) is 27.8 Å². The fourth-order valence-electron chi connectivity index (χ4n) is 2.09. The molecule has 2 N–H and O–H groups in total. The van der Waals surface area contributed by atoms with Crippen LogP contribution in [0.1, 0.15) is 34.6 Å². The van der Waals surface area contributed by atoms with Crippen molar-refractivity contribution in [2.24, 2.45) is 0 Å². The van der Waals surface area contributed by atoms with Crippen molar-refractivity contribution in [2.45, 2.75) is 13.8 Å². The molecule has 0 radical (unpaired) electrons. The van der Waals surface area contributed by atoms with Crippen molar-refractivity contribution >= 4 is 23.4 Å². The molecule has 0 bridgehead atoms. The molecule has 1 rings (SSSR count). The largest absolute Gasteiger partial charge is 0.759 e. The topological polar surface area (TPSA) is 93.7 Å². The van der Waals surface area contributed by atoms with Crippen LogP contribution in [0.15, 0.2) is 12.1 Å². The van der Waals surface area contributed by atoms with Gasteiger partial charge in [0, 0.05) is 13.1 Å². The van der Waals surface area contributed by atoms with Gasteiger partial charge in [-0.2, -0.15) is 0 Å². The van der Waals surface area contributed by atoms with Gasteiger partial charge in [-0.25, -0.2) is 0 Å². The summed E-state index contributed by atoms with van der Waals surface area (Å²) in [6.45, 7) is 7.11. The third-order valence-corrected chi connectivity index (χ3v) is 3.79. The van der Waals surface area contributed by atoms with E-state index in [1.165, 1.54) is 24.7 Å². The molecule has 2 amide bonds. The minimum atomic E-state index is -0.887. The van der Waals surface area contributed by atoms with Crippen LogP contribution in [0.5, 0.6) is 5.75 Å². The van der Waals surface area contributed by atoms with E-state index in [1.807, 2.05) is 13.8 Å². The van der Waals surface area contributed by atoms with Gasteiger partial charge < -0.3 is 25.6 Å². The van der Waals surface area contributed by atoms with Crippen LogP contribution < -0.4 is 15.5 Å². The molecule has 128 valence electrons. The zero-order chi connectivity index (χ0) is 17.4. The van der Waals surface area contributed by atoms with E-state index in [4.69, 9.17) is 16.3 Å². The third-order valence-electron chi connectivity index (χ3n) is 3.48. The first-order valence-corrected chi connectivity index (χ1v) is 7.66. The lowest BCUT2D eigenvalue weighted by Gasteiger charge is -2.18. The van der Waals surface area contributed by atoms with E-state index >= 15 is 0 Å². The van der Waals surface area contributed by atoms with Gasteiger partial charge in [-0.15, -0.1) is 0 Å². The van der Waals surface area contributed by atoms with Crippen LogP contribution in [0.2, 0.25) is 5.02 Å². The second kappa shape index (κ2) is 9.34. The molecule has 0 spiro atoms. The summed E-state index contributed by atoms with van der Waals surface area (Å²) in [4.78, 5) is 25.9. The standard InChI is InChI=1S/C15H21ClN3O4/c1-4-19(5-2)7-6-17-14(20)11-8-12(16)10(15(21)18-22)9-13(11)23-3/h8-9H,4-7H2,1-3H3,(H2-,17,18,20,21,22)/q-1. The number of carbonyl (C=O) groups excluding carboxylic acids is 2. The van der Waals surface area contributed by atoms with Gasteiger partial charge in [0.2, 0.25) is 5.91 Å². The molecule has 0 aliphatic heterocycles. The van der Waals surface area contributed by atoms with Gasteiger partial charge in [0.05, 0.1) is 23.3 Å². The monoisotopic (exact) mass is 342 g/mol. The maximum Gasteiger partial charge on any atom is 0.255 e. The number of benzene rings is 1. The predicted molar refractivity (Wildman–Crippen MR) is 89.0 cm³/mol. The Labute approximate surface area is 140 Å². The van der Waals surface area contributed by atoms with Crippen LogP contribution in [0.4, 0.5) is 0 Å². The summed E-state index contributed by atoms with van der Waals surface area (Å²) in [6.07, 6.45) is 0. The number of nitrogens with one attached hydrogen (secondary N) is 2. The molecule has 0 fully saturated rings. The van der Waals surface area contributed by atoms with E-state index in [0.29, 0.717) is 6.54 Å². The molecule has 0 atom stereocenters. The summed E-state index contributed by atoms with van der Waals surface area (Å²) in [6, 6.07) is 2.59. The molecule has 0 aliphatic carbocycles. The highest BCUT2D eigenvalue weighted by Gasteiger charge is 2.18. The van der Waals surface area contributed by atoms with Gasteiger partial charge in [0.15, 0.2) is 0 Å². The van der Waals surface area contributed by atoms with Gasteiger partial charge >= 0.3 is 0 Å². The Hall–Kier alpha value is -1.83. The number of hydrogen-bond donors (Lipinski definition) is 2. The van der Waals surface area contributed by atoms with Gasteiger partial charge in [-0.1, -0.05) is 25.4 Å². The molecule has 1 aromatic carbocycles. The zero-order valence-electron chi connectivity index (χ0n) is 13.4. The normalized spacial score (nSPS) is 10.5. The highest BCUT2D eigenvalue weighted by atomic mass is 35.5. The number of carbonyl (C=O) groups is 2. The molecule has 0 unspecified atom stereocenters. The predicted octanol–water partition coefficient (Wildman–Crippen LogP) is 1.65. The van der Waals surface area contributed by atoms with Gasteiger partial charge in [0.25, 0.3) is 5.91 Å². The Balaban J connectivity index is 2.88. The first-order valence-electron chi connectivity index (χ1n) is 7.28. The fraction of sp³-hybridized carbons (Fsp3) is 0.467. The summed E-state index contributed by atoms with van der Waals surface area (Å²) >= 11 is 5.96. The van der Waals surface area contributed by atoms with Crippen LogP contribution in [-0.2, 0) is 0 Å². The number of nitrogens with zero attached hydrogens (tertiary/aromatic N) is 1. The Bertz CT molecular complexity index is 562. The summed E-state index contributed by atoms with van der Waals surface area (Å²) in [7, 11) is 1.37. The molecular formula is C15H21ClN3O4-. The zero-order valence-corrected chi connectivity index (χ0v) is 14.2. The van der Waals surface area contributed by atoms with E-state index in [1.54, 1.807) is 0 Å². The van der Waals surface area contributed by atoms with Crippen molar-refractivity contribution in [1.29, 1.82) is 0 Å². The van der Waals surface area contributed by atoms with Gasteiger partial charge in [-0.05, 0) is 25.2 Å². The van der Waals surface area contributed by atoms with Crippen molar-refractivity contribution in [2.75, 3.05) is 33.3 Å². The number of halogens is 1. The summed E-state index contributed by atoms with van der Waals surface area (Å²) in [5.41, 5.74) is 1.41. The molecule has 0 aliphatic rings. The highest BCUT2D eigenvalue weighted by Crippen LogP contribution is 2.27. The fourth-order valence-corrected chi connectivity index (χ4v) is 2.34. The molecule has 1 aromatic rings. The van der Waals surface area contributed by atoms with Crippen LogP contribution in [0.3, 0.4) is 0 Å². The summed E-state index contributed by atoms with van der Waals surface area (Å²) in [5, 5.41) is 13.3. The highest BCUT2D eigenvalue weighted by molar-refractivity contribution is 6.34.